The Bertz CT molecular complexity index is 414. The molecule has 0 saturated carbocycles. The van der Waals surface area contributed by atoms with Crippen molar-refractivity contribution in [3.63, 3.8) is 0 Å². The number of hydrogen-bond acceptors (Lipinski definition) is 2. The van der Waals surface area contributed by atoms with Crippen molar-refractivity contribution in [1.82, 2.24) is 0 Å². The van der Waals surface area contributed by atoms with Crippen LogP contribution in [-0.2, 0) is 0 Å². The van der Waals surface area contributed by atoms with E-state index in [0.717, 1.165) is 0 Å². The molecular weight excluding hydrogens is 202 g/mol. The molecule has 2 rings (SSSR count). The molecule has 0 aliphatic rings. The Hall–Kier alpha value is -2.16. The second-order valence-electron chi connectivity index (χ2n) is 3.20. The Morgan fingerprint density at radius 2 is 1.31 bits per heavy atom. The van der Waals surface area contributed by atoms with Crippen molar-refractivity contribution in [3.05, 3.63) is 76.3 Å². The molecule has 0 aliphatic heterocycles. The molecule has 0 saturated heterocycles. The number of nitro benzene ring substituents is 1. The van der Waals surface area contributed by atoms with E-state index in [-0.39, 0.29) is 10.6 Å². The van der Waals surface area contributed by atoms with Crippen molar-refractivity contribution < 1.29 is 4.92 Å². The van der Waals surface area contributed by atoms with Gasteiger partial charge in [0.05, 0.1) is 4.92 Å². The summed E-state index contributed by atoms with van der Waals surface area (Å²) in [7, 11) is 0. The van der Waals surface area contributed by atoms with E-state index in [4.69, 9.17) is 0 Å². The van der Waals surface area contributed by atoms with Gasteiger partial charge in [-0.2, -0.15) is 0 Å². The monoisotopic (exact) mass is 215 g/mol. The quantitative estimate of drug-likeness (QED) is 0.539. The van der Waals surface area contributed by atoms with Gasteiger partial charge in [0.2, 0.25) is 0 Å². The van der Waals surface area contributed by atoms with E-state index >= 15 is 0 Å². The summed E-state index contributed by atoms with van der Waals surface area (Å²) in [6.45, 7) is 1.72. The van der Waals surface area contributed by atoms with Crippen LogP contribution in [0.25, 0.3) is 0 Å². The molecule has 0 spiro atoms. The number of nitro groups is 1. The minimum atomic E-state index is -0.380. The van der Waals surface area contributed by atoms with Crippen LogP contribution in [0.1, 0.15) is 5.56 Å². The van der Waals surface area contributed by atoms with Crippen LogP contribution in [-0.4, -0.2) is 4.92 Å². The van der Waals surface area contributed by atoms with Crippen LogP contribution in [0, 0.1) is 17.0 Å². The number of aryl methyl sites for hydroxylation is 1. The van der Waals surface area contributed by atoms with Crippen LogP contribution in [0.2, 0.25) is 0 Å². The fourth-order valence-electron chi connectivity index (χ4n) is 1.15. The van der Waals surface area contributed by atoms with E-state index in [1.807, 2.05) is 36.4 Å². The third kappa shape index (κ3) is 3.92. The predicted octanol–water partition coefficient (Wildman–Crippen LogP) is 3.59. The van der Waals surface area contributed by atoms with E-state index in [1.165, 1.54) is 6.07 Å². The maximum atomic E-state index is 10.2. The van der Waals surface area contributed by atoms with E-state index in [1.54, 1.807) is 25.1 Å². The van der Waals surface area contributed by atoms with Crippen LogP contribution in [0.3, 0.4) is 0 Å². The van der Waals surface area contributed by atoms with Gasteiger partial charge in [0.1, 0.15) is 0 Å². The smallest absolute Gasteiger partial charge is 0.258 e. The van der Waals surface area contributed by atoms with Crippen molar-refractivity contribution in [2.75, 3.05) is 0 Å². The van der Waals surface area contributed by atoms with Gasteiger partial charge in [-0.1, -0.05) is 54.6 Å². The van der Waals surface area contributed by atoms with Gasteiger partial charge in [-0.3, -0.25) is 10.1 Å². The van der Waals surface area contributed by atoms with Crippen LogP contribution in [0.15, 0.2) is 60.7 Å². The molecule has 16 heavy (non-hydrogen) atoms. The summed E-state index contributed by atoms with van der Waals surface area (Å²) in [6, 6.07) is 18.7. The highest BCUT2D eigenvalue weighted by Gasteiger charge is 2.05. The lowest BCUT2D eigenvalue weighted by molar-refractivity contribution is -0.385. The molecule has 0 aliphatic carbocycles. The highest BCUT2D eigenvalue weighted by Crippen LogP contribution is 2.14. The first-order valence-corrected chi connectivity index (χ1v) is 4.92. The van der Waals surface area contributed by atoms with Gasteiger partial charge in [-0.15, -0.1) is 0 Å². The SMILES string of the molecule is Cc1ccccc1[N+](=O)[O-].c1ccccc1. The first kappa shape index (κ1) is 11.9. The molecule has 3 nitrogen and oxygen atoms in total. The van der Waals surface area contributed by atoms with Crippen molar-refractivity contribution >= 4 is 5.69 Å². The lowest BCUT2D eigenvalue weighted by atomic mass is 10.2. The third-order valence-corrected chi connectivity index (χ3v) is 1.98. The Morgan fingerprint density at radius 3 is 1.62 bits per heavy atom. The molecular formula is C13H13NO2. The average Bonchev–Trinajstić information content (AvgIpc) is 2.32. The van der Waals surface area contributed by atoms with Gasteiger partial charge >= 0.3 is 0 Å². The predicted molar refractivity (Wildman–Crippen MR) is 64.3 cm³/mol. The Morgan fingerprint density at radius 1 is 0.875 bits per heavy atom. The molecule has 0 amide bonds. The lowest BCUT2D eigenvalue weighted by Crippen LogP contribution is -1.89. The summed E-state index contributed by atoms with van der Waals surface area (Å²) in [5.74, 6) is 0. The molecule has 0 radical (unpaired) electrons. The normalized spacial score (nSPS) is 8.81. The molecule has 2 aromatic carbocycles. The van der Waals surface area contributed by atoms with Crippen molar-refractivity contribution in [1.29, 1.82) is 0 Å². The number of benzene rings is 2. The third-order valence-electron chi connectivity index (χ3n) is 1.98. The Labute approximate surface area is 94.5 Å². The summed E-state index contributed by atoms with van der Waals surface area (Å²) in [5, 5.41) is 10.2. The van der Waals surface area contributed by atoms with Crippen molar-refractivity contribution in [2.45, 2.75) is 6.92 Å². The van der Waals surface area contributed by atoms with Crippen LogP contribution in [0.5, 0.6) is 0 Å². The first-order chi connectivity index (χ1) is 7.72. The molecule has 82 valence electrons. The van der Waals surface area contributed by atoms with Gasteiger partial charge < -0.3 is 0 Å². The van der Waals surface area contributed by atoms with Crippen LogP contribution < -0.4 is 0 Å². The highest BCUT2D eigenvalue weighted by atomic mass is 16.6. The van der Waals surface area contributed by atoms with Gasteiger partial charge in [0, 0.05) is 11.6 Å². The number of hydrogen-bond donors (Lipinski definition) is 0. The molecule has 2 aromatic rings. The number of para-hydroxylation sites is 1. The summed E-state index contributed by atoms with van der Waals surface area (Å²) >= 11 is 0. The molecule has 0 fully saturated rings. The van der Waals surface area contributed by atoms with Gasteiger partial charge in [0.25, 0.3) is 5.69 Å². The van der Waals surface area contributed by atoms with E-state index in [0.29, 0.717) is 5.56 Å². The second-order valence-corrected chi connectivity index (χ2v) is 3.20. The van der Waals surface area contributed by atoms with E-state index in [9.17, 15) is 10.1 Å². The average molecular weight is 215 g/mol. The minimum absolute atomic E-state index is 0.183. The molecule has 0 heterocycles. The topological polar surface area (TPSA) is 43.1 Å². The van der Waals surface area contributed by atoms with E-state index in [2.05, 4.69) is 0 Å². The van der Waals surface area contributed by atoms with Crippen LogP contribution >= 0.6 is 0 Å². The standard InChI is InChI=1S/C7H7NO2.C6H6/c1-6-4-2-3-5-7(6)8(9)10;1-2-4-6-5-3-1/h2-5H,1H3;1-6H. The molecule has 0 atom stereocenters. The fourth-order valence-corrected chi connectivity index (χ4v) is 1.15. The highest BCUT2D eigenvalue weighted by molar-refractivity contribution is 5.38. The second kappa shape index (κ2) is 6.35. The Balaban J connectivity index is 0.000000181. The zero-order valence-corrected chi connectivity index (χ0v) is 9.04. The van der Waals surface area contributed by atoms with Crippen molar-refractivity contribution in [3.8, 4) is 0 Å². The molecule has 0 N–H and O–H groups in total. The molecule has 0 aromatic heterocycles. The first-order valence-electron chi connectivity index (χ1n) is 4.92. The van der Waals surface area contributed by atoms with E-state index < -0.39 is 0 Å². The fraction of sp³-hybridized carbons (Fsp3) is 0.0769. The summed E-state index contributed by atoms with van der Waals surface area (Å²) in [5.41, 5.74) is 0.884. The summed E-state index contributed by atoms with van der Waals surface area (Å²) in [4.78, 5) is 9.85. The van der Waals surface area contributed by atoms with Gasteiger partial charge in [-0.25, -0.2) is 0 Å². The lowest BCUT2D eigenvalue weighted by Gasteiger charge is -1.92. The maximum absolute atomic E-state index is 10.2. The van der Waals surface area contributed by atoms with Gasteiger partial charge in [-0.05, 0) is 6.92 Å². The molecule has 3 heteroatoms. The molecule has 0 bridgehead atoms. The zero-order valence-electron chi connectivity index (χ0n) is 9.04. The summed E-state index contributed by atoms with van der Waals surface area (Å²) in [6.07, 6.45) is 0. The van der Waals surface area contributed by atoms with Crippen LogP contribution in [0.4, 0.5) is 5.69 Å². The largest absolute Gasteiger partial charge is 0.272 e. The number of nitrogens with zero attached hydrogens (tertiary/aromatic N) is 1. The maximum Gasteiger partial charge on any atom is 0.272 e. The minimum Gasteiger partial charge on any atom is -0.258 e. The number of rotatable bonds is 1. The zero-order chi connectivity index (χ0) is 11.8. The molecule has 0 unspecified atom stereocenters. The summed E-state index contributed by atoms with van der Waals surface area (Å²) < 4.78 is 0. The Kier molecular flexibility index (Phi) is 4.73. The van der Waals surface area contributed by atoms with Gasteiger partial charge in [0.15, 0.2) is 0 Å². The van der Waals surface area contributed by atoms with Crippen molar-refractivity contribution in [2.24, 2.45) is 0 Å².